The third-order valence-electron chi connectivity index (χ3n) is 6.79. The van der Waals surface area contributed by atoms with Gasteiger partial charge in [-0.15, -0.1) is 0 Å². The zero-order chi connectivity index (χ0) is 20.8. The van der Waals surface area contributed by atoms with Gasteiger partial charge in [-0.1, -0.05) is 6.07 Å². The van der Waals surface area contributed by atoms with Gasteiger partial charge in [-0.05, 0) is 66.1 Å². The van der Waals surface area contributed by atoms with Crippen molar-refractivity contribution in [1.29, 1.82) is 0 Å². The van der Waals surface area contributed by atoms with Crippen LogP contribution in [0.3, 0.4) is 0 Å². The molecule has 0 bridgehead atoms. The summed E-state index contributed by atoms with van der Waals surface area (Å²) >= 11 is 0. The zero-order valence-electron chi connectivity index (χ0n) is 17.0. The number of carbonyl (C=O) groups is 2. The SMILES string of the molecule is CN(C(=O)C1CC1c1ccncc1)[C@@H]1CCc2c(CC(=O)O)c3ccccn3c2C1. The van der Waals surface area contributed by atoms with E-state index in [0.717, 1.165) is 48.0 Å². The number of nitrogens with zero attached hydrogens (tertiary/aromatic N) is 3. The first-order valence-corrected chi connectivity index (χ1v) is 10.5. The Morgan fingerprint density at radius 2 is 2.03 bits per heavy atom. The number of rotatable bonds is 5. The molecule has 3 heterocycles. The fourth-order valence-corrected chi connectivity index (χ4v) is 5.12. The average Bonchev–Trinajstić information content (AvgIpc) is 3.52. The molecule has 3 atom stereocenters. The van der Waals surface area contributed by atoms with E-state index in [1.165, 1.54) is 5.56 Å². The first-order valence-electron chi connectivity index (χ1n) is 10.5. The maximum absolute atomic E-state index is 13.1. The number of amides is 1. The fraction of sp³-hybridized carbons (Fsp3) is 0.375. The van der Waals surface area contributed by atoms with Crippen molar-refractivity contribution >= 4 is 17.4 Å². The molecule has 0 spiro atoms. The molecule has 6 heteroatoms. The number of pyridine rings is 2. The van der Waals surface area contributed by atoms with Crippen molar-refractivity contribution in [2.45, 2.75) is 44.1 Å². The highest BCUT2D eigenvalue weighted by atomic mass is 16.4. The quantitative estimate of drug-likeness (QED) is 0.710. The highest BCUT2D eigenvalue weighted by Crippen LogP contribution is 2.48. The summed E-state index contributed by atoms with van der Waals surface area (Å²) in [6.45, 7) is 0. The molecule has 1 amide bonds. The third-order valence-corrected chi connectivity index (χ3v) is 6.79. The lowest BCUT2D eigenvalue weighted by Crippen LogP contribution is -2.41. The van der Waals surface area contributed by atoms with E-state index in [1.807, 2.05) is 48.5 Å². The highest BCUT2D eigenvalue weighted by Gasteiger charge is 2.46. The Balaban J connectivity index is 1.37. The maximum atomic E-state index is 13.1. The lowest BCUT2D eigenvalue weighted by Gasteiger charge is -2.32. The Morgan fingerprint density at radius 3 is 2.80 bits per heavy atom. The normalized spacial score (nSPS) is 22.5. The number of carboxylic acids is 1. The first kappa shape index (κ1) is 18.9. The van der Waals surface area contributed by atoms with E-state index in [1.54, 1.807) is 12.4 Å². The van der Waals surface area contributed by atoms with Crippen molar-refractivity contribution in [2.75, 3.05) is 7.05 Å². The van der Waals surface area contributed by atoms with E-state index >= 15 is 0 Å². The van der Waals surface area contributed by atoms with Crippen LogP contribution >= 0.6 is 0 Å². The Hall–Kier alpha value is -3.15. The fourth-order valence-electron chi connectivity index (χ4n) is 5.12. The predicted molar refractivity (Wildman–Crippen MR) is 112 cm³/mol. The van der Waals surface area contributed by atoms with Crippen LogP contribution in [0.15, 0.2) is 48.9 Å². The van der Waals surface area contributed by atoms with E-state index in [2.05, 4.69) is 9.38 Å². The van der Waals surface area contributed by atoms with E-state index < -0.39 is 5.97 Å². The Kier molecular flexibility index (Phi) is 4.57. The molecule has 5 rings (SSSR count). The maximum Gasteiger partial charge on any atom is 0.307 e. The minimum Gasteiger partial charge on any atom is -0.481 e. The summed E-state index contributed by atoms with van der Waals surface area (Å²) in [5, 5.41) is 9.38. The molecule has 0 radical (unpaired) electrons. The summed E-state index contributed by atoms with van der Waals surface area (Å²) in [6.07, 6.45) is 8.95. The zero-order valence-corrected chi connectivity index (χ0v) is 17.0. The molecule has 1 N–H and O–H groups in total. The number of carboxylic acid groups (broad SMARTS) is 1. The summed E-state index contributed by atoms with van der Waals surface area (Å²) in [7, 11) is 1.92. The number of likely N-dealkylation sites (N-methyl/N-ethyl adjacent to an activating group) is 1. The number of carbonyl (C=O) groups excluding carboxylic acids is 1. The summed E-state index contributed by atoms with van der Waals surface area (Å²) in [4.78, 5) is 30.6. The van der Waals surface area contributed by atoms with Gasteiger partial charge in [0, 0.05) is 55.2 Å². The molecule has 154 valence electrons. The second-order valence-corrected chi connectivity index (χ2v) is 8.51. The van der Waals surface area contributed by atoms with E-state index in [4.69, 9.17) is 0 Å². The van der Waals surface area contributed by atoms with Crippen LogP contribution < -0.4 is 0 Å². The molecule has 3 aromatic heterocycles. The predicted octanol–water partition coefficient (Wildman–Crippen LogP) is 3.08. The van der Waals surface area contributed by atoms with Crippen molar-refractivity contribution in [2.24, 2.45) is 5.92 Å². The first-order chi connectivity index (χ1) is 14.5. The van der Waals surface area contributed by atoms with Gasteiger partial charge in [-0.3, -0.25) is 14.6 Å². The third kappa shape index (κ3) is 3.16. The molecule has 0 saturated heterocycles. The van der Waals surface area contributed by atoms with Crippen LogP contribution in [0.2, 0.25) is 0 Å². The van der Waals surface area contributed by atoms with Gasteiger partial charge in [-0.25, -0.2) is 0 Å². The van der Waals surface area contributed by atoms with Crippen molar-refractivity contribution in [3.05, 3.63) is 71.3 Å². The Labute approximate surface area is 175 Å². The van der Waals surface area contributed by atoms with Crippen molar-refractivity contribution < 1.29 is 14.7 Å². The standard InChI is InChI=1S/C24H25N3O3/c1-26(24(30)20-13-18(20)15-7-9-25-10-8-15)16-5-6-17-19(14-23(28)29)21-4-2-3-11-27(21)22(17)12-16/h2-4,7-11,16,18,20H,5-6,12-14H2,1H3,(H,28,29)/t16-,18?,20?/m1/s1. The van der Waals surface area contributed by atoms with Crippen LogP contribution in [-0.4, -0.2) is 44.4 Å². The minimum absolute atomic E-state index is 0.0397. The molecule has 30 heavy (non-hydrogen) atoms. The van der Waals surface area contributed by atoms with Crippen LogP contribution in [-0.2, 0) is 28.9 Å². The monoisotopic (exact) mass is 403 g/mol. The number of fused-ring (bicyclic) bond motifs is 3. The number of hydrogen-bond donors (Lipinski definition) is 1. The lowest BCUT2D eigenvalue weighted by molar-refractivity contribution is -0.136. The lowest BCUT2D eigenvalue weighted by atomic mass is 9.89. The average molecular weight is 403 g/mol. The van der Waals surface area contributed by atoms with Crippen molar-refractivity contribution in [3.8, 4) is 0 Å². The van der Waals surface area contributed by atoms with E-state index in [0.29, 0.717) is 5.92 Å². The Morgan fingerprint density at radius 1 is 1.23 bits per heavy atom. The van der Waals surface area contributed by atoms with Crippen molar-refractivity contribution in [1.82, 2.24) is 14.3 Å². The summed E-state index contributed by atoms with van der Waals surface area (Å²) < 4.78 is 2.12. The van der Waals surface area contributed by atoms with Crippen LogP contribution in [0, 0.1) is 5.92 Å². The second kappa shape index (κ2) is 7.27. The molecule has 0 aliphatic heterocycles. The molecule has 6 nitrogen and oxygen atoms in total. The second-order valence-electron chi connectivity index (χ2n) is 8.51. The van der Waals surface area contributed by atoms with Gasteiger partial charge < -0.3 is 14.4 Å². The molecule has 0 aromatic carbocycles. The minimum atomic E-state index is -0.806. The van der Waals surface area contributed by atoms with Gasteiger partial charge >= 0.3 is 5.97 Å². The summed E-state index contributed by atoms with van der Waals surface area (Å²) in [5.74, 6) is -0.222. The van der Waals surface area contributed by atoms with Gasteiger partial charge in [0.2, 0.25) is 5.91 Å². The van der Waals surface area contributed by atoms with Gasteiger partial charge in [0.15, 0.2) is 0 Å². The van der Waals surface area contributed by atoms with Crippen LogP contribution in [0.5, 0.6) is 0 Å². The summed E-state index contributed by atoms with van der Waals surface area (Å²) in [6, 6.07) is 10.1. The molecular formula is C24H25N3O3. The van der Waals surface area contributed by atoms with E-state index in [-0.39, 0.29) is 24.3 Å². The molecule has 2 aliphatic rings. The summed E-state index contributed by atoms with van der Waals surface area (Å²) in [5.41, 5.74) is 5.39. The molecule has 2 unspecified atom stereocenters. The molecule has 2 aliphatic carbocycles. The van der Waals surface area contributed by atoms with Gasteiger partial charge in [0.1, 0.15) is 0 Å². The number of aromatic nitrogens is 2. The van der Waals surface area contributed by atoms with Crippen LogP contribution in [0.1, 0.15) is 41.1 Å². The van der Waals surface area contributed by atoms with Gasteiger partial charge in [-0.2, -0.15) is 0 Å². The molecule has 1 saturated carbocycles. The smallest absolute Gasteiger partial charge is 0.307 e. The molecular weight excluding hydrogens is 378 g/mol. The van der Waals surface area contributed by atoms with Gasteiger partial charge in [0.05, 0.1) is 6.42 Å². The van der Waals surface area contributed by atoms with Gasteiger partial charge in [0.25, 0.3) is 0 Å². The molecule has 3 aromatic rings. The Bertz CT molecular complexity index is 1120. The van der Waals surface area contributed by atoms with E-state index in [9.17, 15) is 14.7 Å². The largest absolute Gasteiger partial charge is 0.481 e. The highest BCUT2D eigenvalue weighted by molar-refractivity contribution is 5.83. The van der Waals surface area contributed by atoms with Crippen LogP contribution in [0.25, 0.3) is 5.52 Å². The van der Waals surface area contributed by atoms with Crippen molar-refractivity contribution in [3.63, 3.8) is 0 Å². The molecule has 1 fully saturated rings. The number of aliphatic carboxylic acids is 1. The number of hydrogen-bond acceptors (Lipinski definition) is 3. The topological polar surface area (TPSA) is 74.9 Å². The van der Waals surface area contributed by atoms with Crippen LogP contribution in [0.4, 0.5) is 0 Å².